The van der Waals surface area contributed by atoms with Crippen molar-refractivity contribution in [2.24, 2.45) is 0 Å². The van der Waals surface area contributed by atoms with Gasteiger partial charge < -0.3 is 9.30 Å². The summed E-state index contributed by atoms with van der Waals surface area (Å²) in [5, 5.41) is 10.6. The molecule has 0 unspecified atom stereocenters. The van der Waals surface area contributed by atoms with E-state index in [4.69, 9.17) is 4.74 Å². The van der Waals surface area contributed by atoms with Crippen LogP contribution in [0.25, 0.3) is 16.3 Å². The number of aromatic nitrogens is 5. The van der Waals surface area contributed by atoms with Gasteiger partial charge in [0.15, 0.2) is 10.8 Å². The molecule has 0 amide bonds. The second kappa shape index (κ2) is 7.20. The highest BCUT2D eigenvalue weighted by molar-refractivity contribution is 7.15. The van der Waals surface area contributed by atoms with E-state index in [1.807, 2.05) is 29.6 Å². The normalized spacial score (nSPS) is 14.0. The van der Waals surface area contributed by atoms with Crippen molar-refractivity contribution in [1.29, 1.82) is 0 Å². The van der Waals surface area contributed by atoms with E-state index in [0.717, 1.165) is 42.3 Å². The van der Waals surface area contributed by atoms with Crippen molar-refractivity contribution in [3.05, 3.63) is 63.8 Å². The minimum Gasteiger partial charge on any atom is -0.487 e. The van der Waals surface area contributed by atoms with Crippen molar-refractivity contribution in [2.45, 2.75) is 38.8 Å². The van der Waals surface area contributed by atoms with Gasteiger partial charge >= 0.3 is 0 Å². The first-order valence-electron chi connectivity index (χ1n) is 9.39. The molecule has 0 saturated carbocycles. The van der Waals surface area contributed by atoms with Crippen molar-refractivity contribution in [3.8, 4) is 17.1 Å². The second-order valence-corrected chi connectivity index (χ2v) is 7.73. The van der Waals surface area contributed by atoms with Crippen LogP contribution in [0.1, 0.15) is 30.8 Å². The quantitative estimate of drug-likeness (QED) is 0.532. The molecule has 4 aromatic rings. The number of fused-ring (bicyclic) bond motifs is 2. The van der Waals surface area contributed by atoms with Crippen molar-refractivity contribution in [1.82, 2.24) is 24.1 Å². The molecular formula is C20H19N5O2S. The molecule has 1 aliphatic rings. The zero-order valence-electron chi connectivity index (χ0n) is 15.2. The van der Waals surface area contributed by atoms with Crippen molar-refractivity contribution in [2.75, 3.05) is 0 Å². The Morgan fingerprint density at radius 3 is 3.07 bits per heavy atom. The summed E-state index contributed by atoms with van der Waals surface area (Å²) in [5.41, 5.74) is 1.51. The SMILES string of the molecule is O=c1cc(COc2cccc(-c3nnc4n3CCCCC4)c2)nc2sccn12. The fourth-order valence-corrected chi connectivity index (χ4v) is 4.28. The lowest BCUT2D eigenvalue weighted by molar-refractivity contribution is 0.301. The molecule has 0 radical (unpaired) electrons. The van der Waals surface area contributed by atoms with E-state index >= 15 is 0 Å². The van der Waals surface area contributed by atoms with E-state index in [9.17, 15) is 4.79 Å². The minimum absolute atomic E-state index is 0.0928. The minimum atomic E-state index is -0.0928. The lowest BCUT2D eigenvalue weighted by Crippen LogP contribution is -2.14. The molecule has 142 valence electrons. The number of aryl methyl sites for hydroxylation is 1. The average Bonchev–Trinajstić information content (AvgIpc) is 3.28. The van der Waals surface area contributed by atoms with E-state index in [-0.39, 0.29) is 12.2 Å². The maximum Gasteiger partial charge on any atom is 0.258 e. The summed E-state index contributed by atoms with van der Waals surface area (Å²) >= 11 is 1.43. The number of rotatable bonds is 4. The maximum absolute atomic E-state index is 12.1. The van der Waals surface area contributed by atoms with Crippen LogP contribution >= 0.6 is 11.3 Å². The third-order valence-corrected chi connectivity index (χ3v) is 5.70. The molecule has 28 heavy (non-hydrogen) atoms. The average molecular weight is 393 g/mol. The van der Waals surface area contributed by atoms with Gasteiger partial charge in [0.05, 0.1) is 5.69 Å². The smallest absolute Gasteiger partial charge is 0.258 e. The van der Waals surface area contributed by atoms with Gasteiger partial charge in [0.2, 0.25) is 0 Å². The fourth-order valence-electron chi connectivity index (χ4n) is 3.54. The van der Waals surface area contributed by atoms with Crippen LogP contribution in [0.3, 0.4) is 0 Å². The molecule has 0 saturated heterocycles. The third-order valence-electron chi connectivity index (χ3n) is 4.94. The van der Waals surface area contributed by atoms with Crippen LogP contribution in [-0.4, -0.2) is 24.1 Å². The van der Waals surface area contributed by atoms with Gasteiger partial charge in [0.1, 0.15) is 18.2 Å². The van der Waals surface area contributed by atoms with Crippen molar-refractivity contribution in [3.63, 3.8) is 0 Å². The second-order valence-electron chi connectivity index (χ2n) is 6.86. The summed E-state index contributed by atoms with van der Waals surface area (Å²) in [6, 6.07) is 9.37. The molecule has 5 rings (SSSR count). The lowest BCUT2D eigenvalue weighted by atomic mass is 10.2. The Labute approximate surface area is 165 Å². The van der Waals surface area contributed by atoms with Gasteiger partial charge in [-0.05, 0) is 25.0 Å². The van der Waals surface area contributed by atoms with Gasteiger partial charge in [-0.25, -0.2) is 4.98 Å². The first-order valence-corrected chi connectivity index (χ1v) is 10.3. The zero-order valence-corrected chi connectivity index (χ0v) is 16.1. The summed E-state index contributed by atoms with van der Waals surface area (Å²) < 4.78 is 9.67. The molecular weight excluding hydrogens is 374 g/mol. The molecule has 0 aliphatic carbocycles. The molecule has 3 aromatic heterocycles. The first-order chi connectivity index (χ1) is 13.8. The summed E-state index contributed by atoms with van der Waals surface area (Å²) in [5.74, 6) is 2.67. The van der Waals surface area contributed by atoms with Crippen LogP contribution in [0.5, 0.6) is 5.75 Å². The standard InChI is InChI=1S/C20H19N5O2S/c26-18-12-15(21-20-25(18)9-10-28-20)13-27-16-6-4-5-14(11-16)19-23-22-17-7-2-1-3-8-24(17)19/h4-6,9-12H,1-3,7-8,13H2. The largest absolute Gasteiger partial charge is 0.487 e. The van der Waals surface area contributed by atoms with E-state index in [1.54, 1.807) is 6.20 Å². The number of hydrogen-bond acceptors (Lipinski definition) is 6. The molecule has 1 aromatic carbocycles. The fraction of sp³-hybridized carbons (Fsp3) is 0.300. The Kier molecular flexibility index (Phi) is 4.40. The molecule has 0 bridgehead atoms. The van der Waals surface area contributed by atoms with E-state index in [1.165, 1.54) is 34.6 Å². The third kappa shape index (κ3) is 3.20. The molecule has 1 aliphatic heterocycles. The van der Waals surface area contributed by atoms with Crippen LogP contribution in [0, 0.1) is 0 Å². The van der Waals surface area contributed by atoms with E-state index in [0.29, 0.717) is 10.7 Å². The highest BCUT2D eigenvalue weighted by Crippen LogP contribution is 2.26. The van der Waals surface area contributed by atoms with Crippen LogP contribution < -0.4 is 10.3 Å². The van der Waals surface area contributed by atoms with Crippen LogP contribution in [0.15, 0.2) is 46.7 Å². The Morgan fingerprint density at radius 2 is 2.11 bits per heavy atom. The summed E-state index contributed by atoms with van der Waals surface area (Å²) in [4.78, 5) is 17.3. The van der Waals surface area contributed by atoms with Crippen molar-refractivity contribution >= 4 is 16.3 Å². The first kappa shape index (κ1) is 17.1. The van der Waals surface area contributed by atoms with E-state index in [2.05, 4.69) is 19.7 Å². The summed E-state index contributed by atoms with van der Waals surface area (Å²) in [6.07, 6.45) is 6.26. The Morgan fingerprint density at radius 1 is 1.14 bits per heavy atom. The Bertz CT molecular complexity index is 1190. The summed E-state index contributed by atoms with van der Waals surface area (Å²) in [7, 11) is 0. The van der Waals surface area contributed by atoms with Crippen LogP contribution in [-0.2, 0) is 19.6 Å². The number of ether oxygens (including phenoxy) is 1. The highest BCUT2D eigenvalue weighted by Gasteiger charge is 2.16. The lowest BCUT2D eigenvalue weighted by Gasteiger charge is -2.09. The van der Waals surface area contributed by atoms with Crippen LogP contribution in [0.2, 0.25) is 0 Å². The molecule has 8 heteroatoms. The number of thiazole rings is 1. The van der Waals surface area contributed by atoms with Crippen LogP contribution in [0.4, 0.5) is 0 Å². The van der Waals surface area contributed by atoms with Gasteiger partial charge in [-0.15, -0.1) is 21.5 Å². The van der Waals surface area contributed by atoms with Gasteiger partial charge in [-0.3, -0.25) is 9.20 Å². The molecule has 7 nitrogen and oxygen atoms in total. The Balaban J connectivity index is 1.39. The molecule has 0 N–H and O–H groups in total. The van der Waals surface area contributed by atoms with Gasteiger partial charge in [0.25, 0.3) is 5.56 Å². The van der Waals surface area contributed by atoms with Crippen molar-refractivity contribution < 1.29 is 4.74 Å². The summed E-state index contributed by atoms with van der Waals surface area (Å²) in [6.45, 7) is 1.20. The molecule has 0 fully saturated rings. The van der Waals surface area contributed by atoms with Gasteiger partial charge in [0, 0.05) is 36.2 Å². The van der Waals surface area contributed by atoms with Gasteiger partial charge in [-0.2, -0.15) is 0 Å². The number of nitrogens with zero attached hydrogens (tertiary/aromatic N) is 5. The number of benzene rings is 1. The predicted molar refractivity (Wildman–Crippen MR) is 107 cm³/mol. The molecule has 4 heterocycles. The Hall–Kier alpha value is -3.00. The monoisotopic (exact) mass is 393 g/mol. The highest BCUT2D eigenvalue weighted by atomic mass is 32.1. The maximum atomic E-state index is 12.1. The zero-order chi connectivity index (χ0) is 18.9. The topological polar surface area (TPSA) is 74.3 Å². The number of hydrogen-bond donors (Lipinski definition) is 0. The molecule has 0 spiro atoms. The molecule has 0 atom stereocenters. The van der Waals surface area contributed by atoms with Gasteiger partial charge in [-0.1, -0.05) is 18.6 Å². The predicted octanol–water partition coefficient (Wildman–Crippen LogP) is 3.32. The van der Waals surface area contributed by atoms with E-state index < -0.39 is 0 Å².